The zero-order valence-electron chi connectivity index (χ0n) is 30.5. The van der Waals surface area contributed by atoms with Gasteiger partial charge >= 0.3 is 0 Å². The van der Waals surface area contributed by atoms with E-state index in [4.69, 9.17) is 0 Å². The fourth-order valence-electron chi connectivity index (χ4n) is 8.75. The summed E-state index contributed by atoms with van der Waals surface area (Å²) in [6, 6.07) is 60.2. The molecule has 0 unspecified atom stereocenters. The highest BCUT2D eigenvalue weighted by molar-refractivity contribution is 6.12. The maximum absolute atomic E-state index is 16.1. The molecule has 0 bridgehead atoms. The predicted molar refractivity (Wildman–Crippen MR) is 226 cm³/mol. The molecule has 0 N–H and O–H groups in total. The van der Waals surface area contributed by atoms with Crippen molar-refractivity contribution in [3.8, 4) is 11.1 Å². The first-order chi connectivity index (χ1) is 26.9. The summed E-state index contributed by atoms with van der Waals surface area (Å²) >= 11 is 0. The van der Waals surface area contributed by atoms with Gasteiger partial charge in [-0.3, -0.25) is 0 Å². The molecule has 9 aromatic rings. The van der Waals surface area contributed by atoms with Crippen LogP contribution in [0.5, 0.6) is 0 Å². The largest absolute Gasteiger partial charge is 0.307 e. The number of fused-ring (bicyclic) bond motifs is 7. The summed E-state index contributed by atoms with van der Waals surface area (Å²) in [4.78, 5) is 4.13. The maximum Gasteiger partial charge on any atom is 0.147 e. The Labute approximate surface area is 319 Å². The van der Waals surface area contributed by atoms with Crippen molar-refractivity contribution in [1.29, 1.82) is 0 Å². The molecule has 0 fully saturated rings. The number of hydrogen-bond acceptors (Lipinski definition) is 2. The van der Waals surface area contributed by atoms with Crippen LogP contribution in [0.2, 0.25) is 0 Å². The second-order valence-electron chi connectivity index (χ2n) is 14.8. The Hall–Kier alpha value is -6.78. The molecular weight excluding hydrogens is 679 g/mol. The molecule has 0 spiro atoms. The van der Waals surface area contributed by atoms with Gasteiger partial charge in [0.15, 0.2) is 0 Å². The minimum Gasteiger partial charge on any atom is -0.307 e. The Morgan fingerprint density at radius 1 is 0.382 bits per heavy atom. The van der Waals surface area contributed by atoms with Crippen molar-refractivity contribution in [3.63, 3.8) is 0 Å². The van der Waals surface area contributed by atoms with Crippen molar-refractivity contribution >= 4 is 66.4 Å². The second-order valence-corrected chi connectivity index (χ2v) is 14.8. The number of anilines is 6. The number of hydrogen-bond donors (Lipinski definition) is 0. The molecule has 264 valence electrons. The zero-order chi connectivity index (χ0) is 37.3. The lowest BCUT2D eigenvalue weighted by atomic mass is 9.81. The Morgan fingerprint density at radius 2 is 0.855 bits per heavy atom. The van der Waals surface area contributed by atoms with Crippen LogP contribution in [0, 0.1) is 11.6 Å². The number of para-hydroxylation sites is 2. The first kappa shape index (κ1) is 32.8. The molecule has 0 heterocycles. The van der Waals surface area contributed by atoms with Gasteiger partial charge in [-0.05, 0) is 93.0 Å². The average molecular weight is 715 g/mol. The summed E-state index contributed by atoms with van der Waals surface area (Å²) in [7, 11) is 0. The molecule has 1 aliphatic rings. The van der Waals surface area contributed by atoms with Crippen LogP contribution in [0.1, 0.15) is 25.0 Å². The number of rotatable bonds is 6. The highest BCUT2D eigenvalue weighted by Crippen LogP contribution is 2.56. The SMILES string of the molecule is CC1(C)c2cc(N(c3ccccc3F)c3cccc4ccccc34)ccc2-c2c1cc(N(c1ccccc1F)c1cccc3ccccc13)c1ccccc21. The minimum atomic E-state index is -0.460. The van der Waals surface area contributed by atoms with Crippen LogP contribution in [0.3, 0.4) is 0 Å². The van der Waals surface area contributed by atoms with Crippen molar-refractivity contribution < 1.29 is 8.78 Å². The second kappa shape index (κ2) is 12.7. The van der Waals surface area contributed by atoms with E-state index in [0.717, 1.165) is 71.8 Å². The summed E-state index contributed by atoms with van der Waals surface area (Å²) < 4.78 is 32.0. The average Bonchev–Trinajstić information content (AvgIpc) is 3.45. The maximum atomic E-state index is 16.1. The van der Waals surface area contributed by atoms with Gasteiger partial charge in [0.1, 0.15) is 11.6 Å². The number of nitrogens with zero attached hydrogens (tertiary/aromatic N) is 2. The normalized spacial score (nSPS) is 12.9. The third kappa shape index (κ3) is 5.13. The summed E-state index contributed by atoms with van der Waals surface area (Å²) in [5.74, 6) is -0.593. The predicted octanol–water partition coefficient (Wildman–Crippen LogP) is 14.7. The van der Waals surface area contributed by atoms with Crippen molar-refractivity contribution in [2.75, 3.05) is 9.80 Å². The van der Waals surface area contributed by atoms with Crippen LogP contribution in [0.25, 0.3) is 43.4 Å². The first-order valence-corrected chi connectivity index (χ1v) is 18.7. The van der Waals surface area contributed by atoms with Crippen molar-refractivity contribution in [2.45, 2.75) is 19.3 Å². The van der Waals surface area contributed by atoms with Gasteiger partial charge in [0, 0.05) is 27.3 Å². The molecule has 0 saturated heterocycles. The standard InChI is InChI=1S/C51H36F2N2/c1-51(2)41-31-35(54(47-25-11-9-23-43(47)52)45-27-13-17-33-15-3-5-19-36(33)45)29-30-40(41)50-39-22-8-7-21-38(39)49(32-42(50)51)55(48-26-12-10-24-44(48)53)46-28-14-18-34-16-4-6-20-37(34)46/h3-32H,1-2H3. The Bertz CT molecular complexity index is 2950. The van der Waals surface area contributed by atoms with Crippen molar-refractivity contribution in [3.05, 3.63) is 205 Å². The molecule has 2 nitrogen and oxygen atoms in total. The molecule has 1 aliphatic carbocycles. The van der Waals surface area contributed by atoms with Gasteiger partial charge in [-0.2, -0.15) is 0 Å². The van der Waals surface area contributed by atoms with E-state index in [2.05, 4.69) is 116 Å². The van der Waals surface area contributed by atoms with Crippen molar-refractivity contribution in [2.24, 2.45) is 0 Å². The van der Waals surface area contributed by atoms with Crippen molar-refractivity contribution in [1.82, 2.24) is 0 Å². The summed E-state index contributed by atoms with van der Waals surface area (Å²) in [6.07, 6.45) is 0. The number of halogens is 2. The van der Waals surface area contributed by atoms with Crippen LogP contribution in [0.4, 0.5) is 42.9 Å². The molecular formula is C51H36F2N2. The van der Waals surface area contributed by atoms with Gasteiger partial charge in [0.25, 0.3) is 0 Å². The van der Waals surface area contributed by atoms with Crippen LogP contribution < -0.4 is 9.80 Å². The molecule has 0 amide bonds. The lowest BCUT2D eigenvalue weighted by Crippen LogP contribution is -2.18. The van der Waals surface area contributed by atoms with E-state index in [9.17, 15) is 0 Å². The van der Waals surface area contributed by atoms with Gasteiger partial charge in [-0.15, -0.1) is 0 Å². The molecule has 10 rings (SSSR count). The topological polar surface area (TPSA) is 6.48 Å². The Kier molecular flexibility index (Phi) is 7.57. The summed E-state index contributed by atoms with van der Waals surface area (Å²) in [5, 5.41) is 6.35. The number of benzene rings is 9. The minimum absolute atomic E-state index is 0.296. The van der Waals surface area contributed by atoms with Gasteiger partial charge in [0.05, 0.1) is 28.4 Å². The van der Waals surface area contributed by atoms with Gasteiger partial charge < -0.3 is 9.80 Å². The van der Waals surface area contributed by atoms with Gasteiger partial charge in [0.2, 0.25) is 0 Å². The molecule has 0 aliphatic heterocycles. The van der Waals surface area contributed by atoms with Crippen LogP contribution in [-0.4, -0.2) is 0 Å². The van der Waals surface area contributed by atoms with E-state index in [-0.39, 0.29) is 11.6 Å². The molecule has 0 aromatic heterocycles. The summed E-state index contributed by atoms with van der Waals surface area (Å²) in [6.45, 7) is 4.52. The zero-order valence-corrected chi connectivity index (χ0v) is 30.5. The molecule has 9 aromatic carbocycles. The fraction of sp³-hybridized carbons (Fsp3) is 0.0588. The van der Waals surface area contributed by atoms with E-state index >= 15 is 8.78 Å². The van der Waals surface area contributed by atoms with E-state index in [0.29, 0.717) is 11.4 Å². The first-order valence-electron chi connectivity index (χ1n) is 18.7. The molecule has 0 atom stereocenters. The lowest BCUT2D eigenvalue weighted by molar-refractivity contribution is 0.628. The highest BCUT2D eigenvalue weighted by atomic mass is 19.1. The summed E-state index contributed by atoms with van der Waals surface area (Å²) in [5.41, 5.74) is 8.68. The molecule has 0 saturated carbocycles. The smallest absolute Gasteiger partial charge is 0.147 e. The van der Waals surface area contributed by atoms with Gasteiger partial charge in [-0.1, -0.05) is 141 Å². The fourth-order valence-corrected chi connectivity index (χ4v) is 8.75. The molecule has 4 heteroatoms. The molecule has 55 heavy (non-hydrogen) atoms. The Morgan fingerprint density at radius 3 is 1.47 bits per heavy atom. The quantitative estimate of drug-likeness (QED) is 0.169. The molecule has 0 radical (unpaired) electrons. The van der Waals surface area contributed by atoms with E-state index in [1.165, 1.54) is 17.7 Å². The lowest BCUT2D eigenvalue weighted by Gasteiger charge is -2.31. The van der Waals surface area contributed by atoms with Crippen LogP contribution in [-0.2, 0) is 5.41 Å². The van der Waals surface area contributed by atoms with Crippen LogP contribution in [0.15, 0.2) is 182 Å². The third-order valence-corrected chi connectivity index (χ3v) is 11.3. The van der Waals surface area contributed by atoms with Gasteiger partial charge in [-0.25, -0.2) is 8.78 Å². The van der Waals surface area contributed by atoms with E-state index in [1.54, 1.807) is 12.1 Å². The Balaban J connectivity index is 1.22. The van der Waals surface area contributed by atoms with Crippen LogP contribution >= 0.6 is 0 Å². The monoisotopic (exact) mass is 714 g/mol. The highest BCUT2D eigenvalue weighted by Gasteiger charge is 2.39. The third-order valence-electron chi connectivity index (χ3n) is 11.3. The van der Waals surface area contributed by atoms with E-state index in [1.807, 2.05) is 65.6 Å². The van der Waals surface area contributed by atoms with E-state index < -0.39 is 5.41 Å².